The standard InChI is InChI=1S/C15H25NO3S/c1-2-20-13-5-3-4-12(13)16-14(17)10-6-8-11(9-7-10)15(18)19/h10-13H,2-9H2,1H3,(H,16,17)(H,18,19). The molecule has 0 aromatic rings. The second-order valence-corrected chi connectivity index (χ2v) is 7.44. The molecule has 2 unspecified atom stereocenters. The van der Waals surface area contributed by atoms with Gasteiger partial charge in [0.05, 0.1) is 5.92 Å². The minimum Gasteiger partial charge on any atom is -0.481 e. The summed E-state index contributed by atoms with van der Waals surface area (Å²) in [6.45, 7) is 2.16. The fraction of sp³-hybridized carbons (Fsp3) is 0.867. The molecule has 0 aliphatic heterocycles. The summed E-state index contributed by atoms with van der Waals surface area (Å²) in [4.78, 5) is 23.2. The van der Waals surface area contributed by atoms with Crippen molar-refractivity contribution in [1.82, 2.24) is 5.32 Å². The second-order valence-electron chi connectivity index (χ2n) is 5.93. The van der Waals surface area contributed by atoms with Crippen LogP contribution in [-0.4, -0.2) is 34.0 Å². The molecule has 4 nitrogen and oxygen atoms in total. The zero-order valence-corrected chi connectivity index (χ0v) is 13.0. The average molecular weight is 299 g/mol. The van der Waals surface area contributed by atoms with E-state index in [1.54, 1.807) is 0 Å². The molecule has 1 amide bonds. The third-order valence-electron chi connectivity index (χ3n) is 4.61. The highest BCUT2D eigenvalue weighted by atomic mass is 32.2. The quantitative estimate of drug-likeness (QED) is 0.819. The van der Waals surface area contributed by atoms with Crippen molar-refractivity contribution >= 4 is 23.6 Å². The Kier molecular flexibility index (Phi) is 5.75. The van der Waals surface area contributed by atoms with Gasteiger partial charge in [0.2, 0.25) is 5.91 Å². The highest BCUT2D eigenvalue weighted by Crippen LogP contribution is 2.32. The Bertz CT molecular complexity index is 353. The van der Waals surface area contributed by atoms with Crippen LogP contribution in [0.3, 0.4) is 0 Å². The Balaban J connectivity index is 1.79. The van der Waals surface area contributed by atoms with Crippen LogP contribution in [0.5, 0.6) is 0 Å². The lowest BCUT2D eigenvalue weighted by Gasteiger charge is -2.28. The van der Waals surface area contributed by atoms with Gasteiger partial charge < -0.3 is 10.4 Å². The average Bonchev–Trinajstić information content (AvgIpc) is 2.86. The SMILES string of the molecule is CCSC1CCCC1NC(=O)C1CCC(C(=O)O)CC1. The van der Waals surface area contributed by atoms with Crippen LogP contribution in [0.2, 0.25) is 0 Å². The molecular formula is C15H25NO3S. The maximum atomic E-state index is 12.3. The number of hydrogen-bond acceptors (Lipinski definition) is 3. The number of aliphatic carboxylic acids is 1. The van der Waals surface area contributed by atoms with Gasteiger partial charge in [-0.15, -0.1) is 0 Å². The van der Waals surface area contributed by atoms with Crippen LogP contribution in [0.1, 0.15) is 51.9 Å². The summed E-state index contributed by atoms with van der Waals surface area (Å²) >= 11 is 1.95. The fourth-order valence-corrected chi connectivity index (χ4v) is 4.61. The Morgan fingerprint density at radius 3 is 2.35 bits per heavy atom. The minimum atomic E-state index is -0.709. The van der Waals surface area contributed by atoms with Crippen LogP contribution >= 0.6 is 11.8 Å². The van der Waals surface area contributed by atoms with Crippen molar-refractivity contribution in [2.45, 2.75) is 63.2 Å². The lowest BCUT2D eigenvalue weighted by atomic mass is 9.81. The number of rotatable bonds is 5. The predicted molar refractivity (Wildman–Crippen MR) is 80.8 cm³/mol. The monoisotopic (exact) mass is 299 g/mol. The molecule has 0 bridgehead atoms. The first-order chi connectivity index (χ1) is 9.61. The van der Waals surface area contributed by atoms with Crippen LogP contribution < -0.4 is 5.32 Å². The molecule has 20 heavy (non-hydrogen) atoms. The molecule has 2 saturated carbocycles. The van der Waals surface area contributed by atoms with E-state index in [9.17, 15) is 9.59 Å². The molecule has 0 saturated heterocycles. The summed E-state index contributed by atoms with van der Waals surface area (Å²) in [5, 5.41) is 12.8. The van der Waals surface area contributed by atoms with Gasteiger partial charge in [-0.2, -0.15) is 11.8 Å². The second kappa shape index (κ2) is 7.34. The summed E-state index contributed by atoms with van der Waals surface area (Å²) in [7, 11) is 0. The van der Waals surface area contributed by atoms with Gasteiger partial charge >= 0.3 is 5.97 Å². The van der Waals surface area contributed by atoms with E-state index in [4.69, 9.17) is 5.11 Å². The van der Waals surface area contributed by atoms with Crippen molar-refractivity contribution in [2.24, 2.45) is 11.8 Å². The van der Waals surface area contributed by atoms with Crippen molar-refractivity contribution in [3.05, 3.63) is 0 Å². The predicted octanol–water partition coefficient (Wildman–Crippen LogP) is 2.67. The molecule has 2 N–H and O–H groups in total. The maximum absolute atomic E-state index is 12.3. The largest absolute Gasteiger partial charge is 0.481 e. The molecule has 2 atom stereocenters. The van der Waals surface area contributed by atoms with Crippen molar-refractivity contribution in [3.8, 4) is 0 Å². The third-order valence-corrected chi connectivity index (χ3v) is 5.93. The summed E-state index contributed by atoms with van der Waals surface area (Å²) < 4.78 is 0. The highest BCUT2D eigenvalue weighted by molar-refractivity contribution is 7.99. The number of nitrogens with one attached hydrogen (secondary N) is 1. The van der Waals surface area contributed by atoms with Gasteiger partial charge in [-0.05, 0) is 44.3 Å². The number of hydrogen-bond donors (Lipinski definition) is 2. The van der Waals surface area contributed by atoms with E-state index in [0.717, 1.165) is 25.0 Å². The number of amides is 1. The molecule has 0 aromatic carbocycles. The maximum Gasteiger partial charge on any atom is 0.306 e. The Morgan fingerprint density at radius 2 is 1.75 bits per heavy atom. The third kappa shape index (κ3) is 3.90. The first kappa shape index (κ1) is 15.7. The van der Waals surface area contributed by atoms with Gasteiger partial charge in [0.25, 0.3) is 0 Å². The summed E-state index contributed by atoms with van der Waals surface area (Å²) in [5.74, 6) is 0.328. The number of carboxylic acid groups (broad SMARTS) is 1. The molecule has 2 aliphatic rings. The van der Waals surface area contributed by atoms with Crippen molar-refractivity contribution in [2.75, 3.05) is 5.75 Å². The van der Waals surface area contributed by atoms with Crippen molar-refractivity contribution < 1.29 is 14.7 Å². The molecule has 0 aromatic heterocycles. The molecule has 2 fully saturated rings. The zero-order valence-electron chi connectivity index (χ0n) is 12.1. The van der Waals surface area contributed by atoms with E-state index in [0.29, 0.717) is 24.1 Å². The number of thioether (sulfide) groups is 1. The van der Waals surface area contributed by atoms with E-state index in [1.165, 1.54) is 12.8 Å². The molecule has 0 radical (unpaired) electrons. The van der Waals surface area contributed by atoms with Crippen LogP contribution in [0, 0.1) is 11.8 Å². The molecule has 2 aliphatic carbocycles. The molecule has 2 rings (SSSR count). The molecular weight excluding hydrogens is 274 g/mol. The highest BCUT2D eigenvalue weighted by Gasteiger charge is 2.33. The fourth-order valence-electron chi connectivity index (χ4n) is 3.41. The number of carbonyl (C=O) groups excluding carboxylic acids is 1. The van der Waals surface area contributed by atoms with Crippen LogP contribution in [0.25, 0.3) is 0 Å². The van der Waals surface area contributed by atoms with Crippen LogP contribution in [0.4, 0.5) is 0 Å². The Hall–Kier alpha value is -0.710. The Morgan fingerprint density at radius 1 is 1.10 bits per heavy atom. The van der Waals surface area contributed by atoms with Gasteiger partial charge in [0.15, 0.2) is 0 Å². The number of carbonyl (C=O) groups is 2. The lowest BCUT2D eigenvalue weighted by Crippen LogP contribution is -2.43. The van der Waals surface area contributed by atoms with Crippen molar-refractivity contribution in [3.63, 3.8) is 0 Å². The first-order valence-corrected chi connectivity index (χ1v) is 8.81. The van der Waals surface area contributed by atoms with Gasteiger partial charge in [-0.1, -0.05) is 13.3 Å². The van der Waals surface area contributed by atoms with E-state index < -0.39 is 5.97 Å². The van der Waals surface area contributed by atoms with Crippen LogP contribution in [-0.2, 0) is 9.59 Å². The van der Waals surface area contributed by atoms with Gasteiger partial charge in [-0.3, -0.25) is 9.59 Å². The molecule has 0 spiro atoms. The van der Waals surface area contributed by atoms with E-state index in [-0.39, 0.29) is 17.7 Å². The van der Waals surface area contributed by atoms with Gasteiger partial charge in [0.1, 0.15) is 0 Å². The first-order valence-electron chi connectivity index (χ1n) is 7.76. The Labute approximate surface area is 125 Å². The van der Waals surface area contributed by atoms with Gasteiger partial charge in [0, 0.05) is 17.2 Å². The molecule has 5 heteroatoms. The minimum absolute atomic E-state index is 0.0264. The van der Waals surface area contributed by atoms with E-state index in [2.05, 4.69) is 12.2 Å². The van der Waals surface area contributed by atoms with Gasteiger partial charge in [-0.25, -0.2) is 0 Å². The summed E-state index contributed by atoms with van der Waals surface area (Å²) in [6.07, 6.45) is 6.23. The number of carboxylic acids is 1. The molecule has 114 valence electrons. The topological polar surface area (TPSA) is 66.4 Å². The zero-order chi connectivity index (χ0) is 14.5. The lowest BCUT2D eigenvalue weighted by molar-refractivity contribution is -0.144. The van der Waals surface area contributed by atoms with Crippen molar-refractivity contribution in [1.29, 1.82) is 0 Å². The normalized spacial score (nSPS) is 33.9. The van der Waals surface area contributed by atoms with E-state index in [1.807, 2.05) is 11.8 Å². The summed E-state index contributed by atoms with van der Waals surface area (Å²) in [6, 6.07) is 0.324. The smallest absolute Gasteiger partial charge is 0.306 e. The molecule has 0 heterocycles. The van der Waals surface area contributed by atoms with E-state index >= 15 is 0 Å². The summed E-state index contributed by atoms with van der Waals surface area (Å²) in [5.41, 5.74) is 0. The van der Waals surface area contributed by atoms with Crippen LogP contribution in [0.15, 0.2) is 0 Å².